The Morgan fingerprint density at radius 3 is 2.55 bits per heavy atom. The Morgan fingerprint density at radius 1 is 1.35 bits per heavy atom. The van der Waals surface area contributed by atoms with E-state index >= 15 is 0 Å². The van der Waals surface area contributed by atoms with Gasteiger partial charge in [0.25, 0.3) is 0 Å². The molecule has 4 heteroatoms. The standard InChI is InChI=1S/C16H24N2OS/c1-19-12-13-7-9-18(10-8-13)15(11-16(17)20)14-5-3-2-4-6-14/h2-6,13,15H,7-12H2,1H3,(H2,17,20). The molecule has 1 aromatic rings. The van der Waals surface area contributed by atoms with Gasteiger partial charge in [0.1, 0.15) is 0 Å². The number of piperidine rings is 1. The maximum Gasteiger partial charge on any atom is 0.0746 e. The Morgan fingerprint density at radius 2 is 2.00 bits per heavy atom. The highest BCUT2D eigenvalue weighted by molar-refractivity contribution is 7.80. The van der Waals surface area contributed by atoms with Gasteiger partial charge in [0, 0.05) is 26.2 Å². The van der Waals surface area contributed by atoms with Crippen LogP contribution < -0.4 is 5.73 Å². The first-order valence-corrected chi connectivity index (χ1v) is 7.67. The fourth-order valence-corrected chi connectivity index (χ4v) is 3.15. The first kappa shape index (κ1) is 15.4. The van der Waals surface area contributed by atoms with E-state index in [1.165, 1.54) is 18.4 Å². The topological polar surface area (TPSA) is 38.5 Å². The highest BCUT2D eigenvalue weighted by atomic mass is 32.1. The maximum atomic E-state index is 5.80. The van der Waals surface area contributed by atoms with Crippen molar-refractivity contribution in [3.05, 3.63) is 35.9 Å². The molecule has 2 rings (SSSR count). The molecule has 1 unspecified atom stereocenters. The Balaban J connectivity index is 2.03. The van der Waals surface area contributed by atoms with Crippen LogP contribution in [0, 0.1) is 5.92 Å². The number of thiocarbonyl (C=S) groups is 1. The van der Waals surface area contributed by atoms with Crippen LogP contribution in [0.15, 0.2) is 30.3 Å². The molecule has 1 fully saturated rings. The van der Waals surface area contributed by atoms with Crippen LogP contribution in [0.2, 0.25) is 0 Å². The van der Waals surface area contributed by atoms with Crippen molar-refractivity contribution in [2.45, 2.75) is 25.3 Å². The van der Waals surface area contributed by atoms with E-state index in [1.807, 2.05) is 6.07 Å². The summed E-state index contributed by atoms with van der Waals surface area (Å²) in [4.78, 5) is 3.11. The van der Waals surface area contributed by atoms with Gasteiger partial charge in [-0.2, -0.15) is 0 Å². The second kappa shape index (κ2) is 7.72. The van der Waals surface area contributed by atoms with Crippen LogP contribution in [0.5, 0.6) is 0 Å². The van der Waals surface area contributed by atoms with E-state index < -0.39 is 0 Å². The van der Waals surface area contributed by atoms with E-state index in [9.17, 15) is 0 Å². The summed E-state index contributed by atoms with van der Waals surface area (Å²) < 4.78 is 5.27. The predicted octanol–water partition coefficient (Wildman–Crippen LogP) is 2.76. The number of hydrogen-bond donors (Lipinski definition) is 1. The van der Waals surface area contributed by atoms with Crippen LogP contribution >= 0.6 is 12.2 Å². The third-order valence-electron chi connectivity index (χ3n) is 4.07. The van der Waals surface area contributed by atoms with Crippen LogP contribution in [-0.2, 0) is 4.74 Å². The van der Waals surface area contributed by atoms with Crippen LogP contribution in [0.25, 0.3) is 0 Å². The predicted molar refractivity (Wildman–Crippen MR) is 86.8 cm³/mol. The van der Waals surface area contributed by atoms with Crippen molar-refractivity contribution in [3.63, 3.8) is 0 Å². The van der Waals surface area contributed by atoms with Crippen LogP contribution in [-0.4, -0.2) is 36.7 Å². The lowest BCUT2D eigenvalue weighted by Crippen LogP contribution is -2.39. The van der Waals surface area contributed by atoms with Gasteiger partial charge in [0.2, 0.25) is 0 Å². The maximum absolute atomic E-state index is 5.80. The first-order chi connectivity index (χ1) is 9.70. The largest absolute Gasteiger partial charge is 0.393 e. The monoisotopic (exact) mass is 292 g/mol. The Hall–Kier alpha value is -0.970. The number of nitrogens with zero attached hydrogens (tertiary/aromatic N) is 1. The molecule has 0 aliphatic carbocycles. The summed E-state index contributed by atoms with van der Waals surface area (Å²) in [5.74, 6) is 0.692. The number of nitrogens with two attached hydrogens (primary N) is 1. The molecule has 20 heavy (non-hydrogen) atoms. The zero-order valence-electron chi connectivity index (χ0n) is 12.1. The third-order valence-corrected chi connectivity index (χ3v) is 4.24. The van der Waals surface area contributed by atoms with Crippen molar-refractivity contribution in [1.82, 2.24) is 4.90 Å². The van der Waals surface area contributed by atoms with Gasteiger partial charge in [-0.15, -0.1) is 0 Å². The molecule has 3 nitrogen and oxygen atoms in total. The molecular weight excluding hydrogens is 268 g/mol. The number of likely N-dealkylation sites (tertiary alicyclic amines) is 1. The molecular formula is C16H24N2OS. The minimum absolute atomic E-state index is 0.317. The summed E-state index contributed by atoms with van der Waals surface area (Å²) >= 11 is 5.14. The molecule has 1 saturated heterocycles. The molecule has 0 aromatic heterocycles. The smallest absolute Gasteiger partial charge is 0.0746 e. The number of rotatable bonds is 6. The van der Waals surface area contributed by atoms with Crippen molar-refractivity contribution < 1.29 is 4.74 Å². The highest BCUT2D eigenvalue weighted by Gasteiger charge is 2.26. The molecule has 2 N–H and O–H groups in total. The van der Waals surface area contributed by atoms with Crippen molar-refractivity contribution in [2.24, 2.45) is 11.7 Å². The minimum Gasteiger partial charge on any atom is -0.393 e. The summed E-state index contributed by atoms with van der Waals surface area (Å²) in [6.45, 7) is 3.06. The SMILES string of the molecule is COCC1CCN(C(CC(N)=S)c2ccccc2)CC1. The van der Waals surface area contributed by atoms with E-state index in [0.717, 1.165) is 26.1 Å². The number of hydrogen-bond acceptors (Lipinski definition) is 3. The van der Waals surface area contributed by atoms with Gasteiger partial charge in [-0.25, -0.2) is 0 Å². The zero-order valence-corrected chi connectivity index (χ0v) is 12.9. The van der Waals surface area contributed by atoms with Gasteiger partial charge in [-0.05, 0) is 37.4 Å². The molecule has 110 valence electrons. The van der Waals surface area contributed by atoms with E-state index in [4.69, 9.17) is 22.7 Å². The van der Waals surface area contributed by atoms with Gasteiger partial charge in [0.05, 0.1) is 4.99 Å². The lowest BCUT2D eigenvalue weighted by atomic mass is 9.93. The summed E-state index contributed by atoms with van der Waals surface area (Å²) in [7, 11) is 1.78. The third kappa shape index (κ3) is 4.27. The molecule has 1 heterocycles. The summed E-state index contributed by atoms with van der Waals surface area (Å²) in [6.07, 6.45) is 3.14. The Labute approximate surface area is 127 Å². The van der Waals surface area contributed by atoms with E-state index in [-0.39, 0.29) is 0 Å². The van der Waals surface area contributed by atoms with Gasteiger partial charge >= 0.3 is 0 Å². The molecule has 1 aliphatic rings. The molecule has 0 spiro atoms. The molecule has 1 aliphatic heterocycles. The minimum atomic E-state index is 0.317. The first-order valence-electron chi connectivity index (χ1n) is 7.27. The molecule has 0 radical (unpaired) electrons. The number of benzene rings is 1. The van der Waals surface area contributed by atoms with E-state index in [0.29, 0.717) is 16.9 Å². The second-order valence-electron chi connectivity index (χ2n) is 5.53. The van der Waals surface area contributed by atoms with Gasteiger partial charge < -0.3 is 10.5 Å². The summed E-state index contributed by atoms with van der Waals surface area (Å²) in [5.41, 5.74) is 7.11. The van der Waals surface area contributed by atoms with Crippen LogP contribution in [0.4, 0.5) is 0 Å². The Bertz CT molecular complexity index is 416. The van der Waals surface area contributed by atoms with Crippen molar-refractivity contribution in [2.75, 3.05) is 26.8 Å². The number of ether oxygens (including phenoxy) is 1. The summed E-state index contributed by atoms with van der Waals surface area (Å²) in [5, 5.41) is 0. The average molecular weight is 292 g/mol. The molecule has 1 atom stereocenters. The molecule has 0 amide bonds. The molecule has 0 bridgehead atoms. The lowest BCUT2D eigenvalue weighted by Gasteiger charge is -2.37. The highest BCUT2D eigenvalue weighted by Crippen LogP contribution is 2.29. The summed E-state index contributed by atoms with van der Waals surface area (Å²) in [6, 6.07) is 10.9. The number of methoxy groups -OCH3 is 1. The van der Waals surface area contributed by atoms with Gasteiger partial charge in [-0.3, -0.25) is 4.90 Å². The van der Waals surface area contributed by atoms with Crippen LogP contribution in [0.3, 0.4) is 0 Å². The Kier molecular flexibility index (Phi) is 5.95. The average Bonchev–Trinajstić information content (AvgIpc) is 2.47. The van der Waals surface area contributed by atoms with Crippen LogP contribution in [0.1, 0.15) is 30.9 Å². The van der Waals surface area contributed by atoms with E-state index in [1.54, 1.807) is 7.11 Å². The quantitative estimate of drug-likeness (QED) is 0.818. The normalized spacial score (nSPS) is 18.9. The van der Waals surface area contributed by atoms with E-state index in [2.05, 4.69) is 29.2 Å². The molecule has 1 aromatic carbocycles. The zero-order chi connectivity index (χ0) is 14.4. The molecule has 0 saturated carbocycles. The fraction of sp³-hybridized carbons (Fsp3) is 0.562. The fourth-order valence-electron chi connectivity index (χ4n) is 2.99. The van der Waals surface area contributed by atoms with Crippen molar-refractivity contribution in [3.8, 4) is 0 Å². The van der Waals surface area contributed by atoms with Crippen molar-refractivity contribution >= 4 is 17.2 Å². The van der Waals surface area contributed by atoms with Gasteiger partial charge in [0.15, 0.2) is 0 Å². The van der Waals surface area contributed by atoms with Crippen molar-refractivity contribution in [1.29, 1.82) is 0 Å². The van der Waals surface area contributed by atoms with Gasteiger partial charge in [-0.1, -0.05) is 42.5 Å². The second-order valence-corrected chi connectivity index (χ2v) is 6.06. The lowest BCUT2D eigenvalue weighted by molar-refractivity contribution is 0.0808.